The lowest BCUT2D eigenvalue weighted by Crippen LogP contribution is -2.31. The maximum atomic E-state index is 10.0. The maximum absolute atomic E-state index is 10.0. The smallest absolute Gasteiger partial charge is 0.119 e. The molecule has 0 heterocycles. The number of benzene rings is 1. The van der Waals surface area contributed by atoms with Crippen molar-refractivity contribution in [3.8, 4) is 5.75 Å². The molecule has 0 amide bonds. The fourth-order valence-electron chi connectivity index (χ4n) is 2.74. The van der Waals surface area contributed by atoms with Gasteiger partial charge in [-0.2, -0.15) is 0 Å². The first-order chi connectivity index (χ1) is 11.7. The molecule has 138 valence electrons. The molecule has 4 heteroatoms. The van der Waals surface area contributed by atoms with Gasteiger partial charge in [-0.3, -0.25) is 0 Å². The highest BCUT2D eigenvalue weighted by molar-refractivity contribution is 5.30. The van der Waals surface area contributed by atoms with Crippen molar-refractivity contribution in [1.82, 2.24) is 0 Å². The minimum atomic E-state index is -0.869. The van der Waals surface area contributed by atoms with E-state index in [-0.39, 0.29) is 6.61 Å². The number of aliphatic hydroxyl groups is 2. The van der Waals surface area contributed by atoms with Gasteiger partial charge in [0.25, 0.3) is 0 Å². The summed E-state index contributed by atoms with van der Waals surface area (Å²) in [4.78, 5) is 0. The molecule has 1 aromatic rings. The summed E-state index contributed by atoms with van der Waals surface area (Å²) in [6.45, 7) is 2.70. The predicted octanol–water partition coefficient (Wildman–Crippen LogP) is 3.95. The van der Waals surface area contributed by atoms with Crippen LogP contribution in [0.15, 0.2) is 24.3 Å². The average molecular weight is 338 g/mol. The molecule has 4 N–H and O–H groups in total. The summed E-state index contributed by atoms with van der Waals surface area (Å²) in [6, 6.07) is 6.65. The molecular formula is C20H35NO3. The van der Waals surface area contributed by atoms with Crippen molar-refractivity contribution < 1.29 is 14.9 Å². The summed E-state index contributed by atoms with van der Waals surface area (Å²) in [5.74, 6) is 0.747. The van der Waals surface area contributed by atoms with E-state index in [4.69, 9.17) is 15.6 Å². The second-order valence-electron chi connectivity index (χ2n) is 6.54. The Hall–Kier alpha value is -1.10. The van der Waals surface area contributed by atoms with Crippen molar-refractivity contribution in [1.29, 1.82) is 0 Å². The van der Waals surface area contributed by atoms with Crippen LogP contribution < -0.4 is 10.5 Å². The molecule has 24 heavy (non-hydrogen) atoms. The zero-order chi connectivity index (χ0) is 17.6. The lowest BCUT2D eigenvalue weighted by atomic mass is 10.0. The van der Waals surface area contributed by atoms with Crippen molar-refractivity contribution >= 4 is 0 Å². The van der Waals surface area contributed by atoms with Crippen molar-refractivity contribution in [3.63, 3.8) is 0 Å². The van der Waals surface area contributed by atoms with Gasteiger partial charge in [0.15, 0.2) is 0 Å². The summed E-state index contributed by atoms with van der Waals surface area (Å²) in [5.41, 5.74) is 6.35. The molecule has 0 saturated heterocycles. The zero-order valence-electron chi connectivity index (χ0n) is 15.1. The standard InChI is InChI=1S/C20H35NO3/c1-2-3-4-5-6-7-8-9-10-14-24-18-13-11-12-17(15-18)20(23)19(21)16-22/h11-13,15,19-20,22-23H,2-10,14,16,21H2,1H3. The van der Waals surface area contributed by atoms with E-state index in [1.807, 2.05) is 12.1 Å². The van der Waals surface area contributed by atoms with Gasteiger partial charge in [-0.1, -0.05) is 70.4 Å². The average Bonchev–Trinajstić information content (AvgIpc) is 2.62. The first-order valence-corrected chi connectivity index (χ1v) is 9.46. The molecule has 0 aliphatic rings. The molecule has 4 nitrogen and oxygen atoms in total. The van der Waals surface area contributed by atoms with Crippen LogP contribution in [0.1, 0.15) is 76.4 Å². The van der Waals surface area contributed by atoms with Gasteiger partial charge in [-0.15, -0.1) is 0 Å². The van der Waals surface area contributed by atoms with Gasteiger partial charge < -0.3 is 20.7 Å². The number of hydrogen-bond donors (Lipinski definition) is 3. The molecular weight excluding hydrogens is 302 g/mol. The molecule has 0 saturated carbocycles. The fraction of sp³-hybridized carbons (Fsp3) is 0.700. The second-order valence-corrected chi connectivity index (χ2v) is 6.54. The zero-order valence-corrected chi connectivity index (χ0v) is 15.1. The number of unbranched alkanes of at least 4 members (excludes halogenated alkanes) is 8. The molecule has 0 aromatic heterocycles. The van der Waals surface area contributed by atoms with Crippen LogP contribution in [0.2, 0.25) is 0 Å². The Morgan fingerprint density at radius 2 is 1.62 bits per heavy atom. The Balaban J connectivity index is 2.15. The maximum Gasteiger partial charge on any atom is 0.119 e. The summed E-state index contributed by atoms with van der Waals surface area (Å²) in [7, 11) is 0. The molecule has 0 aliphatic carbocycles. The third-order valence-electron chi connectivity index (χ3n) is 4.33. The highest BCUT2D eigenvalue weighted by Crippen LogP contribution is 2.21. The largest absolute Gasteiger partial charge is 0.494 e. The second kappa shape index (κ2) is 13.2. The SMILES string of the molecule is CCCCCCCCCCCOc1cccc(C(O)C(N)CO)c1. The van der Waals surface area contributed by atoms with Crippen LogP contribution in [0.3, 0.4) is 0 Å². The van der Waals surface area contributed by atoms with E-state index in [1.54, 1.807) is 12.1 Å². The highest BCUT2D eigenvalue weighted by atomic mass is 16.5. The van der Waals surface area contributed by atoms with E-state index >= 15 is 0 Å². The van der Waals surface area contributed by atoms with Crippen molar-refractivity contribution in [2.24, 2.45) is 5.73 Å². The molecule has 1 aromatic carbocycles. The highest BCUT2D eigenvalue weighted by Gasteiger charge is 2.16. The molecule has 2 unspecified atom stereocenters. The van der Waals surface area contributed by atoms with Crippen LogP contribution in [-0.2, 0) is 0 Å². The Kier molecular flexibility index (Phi) is 11.5. The Morgan fingerprint density at radius 1 is 1.00 bits per heavy atom. The monoisotopic (exact) mass is 337 g/mol. The molecule has 0 bridgehead atoms. The van der Waals surface area contributed by atoms with E-state index < -0.39 is 12.1 Å². The minimum Gasteiger partial charge on any atom is -0.494 e. The minimum absolute atomic E-state index is 0.245. The van der Waals surface area contributed by atoms with E-state index in [0.29, 0.717) is 12.2 Å². The van der Waals surface area contributed by atoms with Gasteiger partial charge in [0.05, 0.1) is 25.4 Å². The Morgan fingerprint density at radius 3 is 2.25 bits per heavy atom. The third-order valence-corrected chi connectivity index (χ3v) is 4.33. The lowest BCUT2D eigenvalue weighted by molar-refractivity contribution is 0.109. The molecule has 0 radical (unpaired) electrons. The first-order valence-electron chi connectivity index (χ1n) is 9.46. The van der Waals surface area contributed by atoms with Gasteiger partial charge in [-0.25, -0.2) is 0 Å². The van der Waals surface area contributed by atoms with Crippen LogP contribution >= 0.6 is 0 Å². The summed E-state index contributed by atoms with van der Waals surface area (Å²) >= 11 is 0. The van der Waals surface area contributed by atoms with Crippen LogP contribution in [0, 0.1) is 0 Å². The lowest BCUT2D eigenvalue weighted by Gasteiger charge is -2.17. The number of rotatable bonds is 14. The van der Waals surface area contributed by atoms with Crippen molar-refractivity contribution in [3.05, 3.63) is 29.8 Å². The third kappa shape index (κ3) is 8.67. The fourth-order valence-corrected chi connectivity index (χ4v) is 2.74. The number of hydrogen-bond acceptors (Lipinski definition) is 4. The molecule has 0 aliphatic heterocycles. The number of aliphatic hydroxyl groups excluding tert-OH is 2. The van der Waals surface area contributed by atoms with Crippen molar-refractivity contribution in [2.45, 2.75) is 76.9 Å². The number of ether oxygens (including phenoxy) is 1. The van der Waals surface area contributed by atoms with E-state index in [1.165, 1.54) is 51.4 Å². The normalized spacial score (nSPS) is 13.7. The van der Waals surface area contributed by atoms with Crippen LogP contribution in [0.25, 0.3) is 0 Å². The molecule has 1 rings (SSSR count). The summed E-state index contributed by atoms with van der Waals surface area (Å²) < 4.78 is 5.76. The summed E-state index contributed by atoms with van der Waals surface area (Å²) in [6.07, 6.45) is 10.8. The van der Waals surface area contributed by atoms with Crippen LogP contribution in [0.5, 0.6) is 5.75 Å². The summed E-state index contributed by atoms with van der Waals surface area (Å²) in [5, 5.41) is 19.0. The van der Waals surface area contributed by atoms with Crippen molar-refractivity contribution in [2.75, 3.05) is 13.2 Å². The Bertz CT molecular complexity index is 425. The Labute approximate surface area is 147 Å². The van der Waals surface area contributed by atoms with Crippen LogP contribution in [0.4, 0.5) is 0 Å². The topological polar surface area (TPSA) is 75.7 Å². The van der Waals surface area contributed by atoms with E-state index in [0.717, 1.165) is 12.2 Å². The van der Waals surface area contributed by atoms with Gasteiger partial charge in [0.1, 0.15) is 5.75 Å². The quantitative estimate of drug-likeness (QED) is 0.449. The molecule has 0 fully saturated rings. The first kappa shape index (κ1) is 20.9. The molecule has 2 atom stereocenters. The van der Waals surface area contributed by atoms with Gasteiger partial charge in [0.2, 0.25) is 0 Å². The van der Waals surface area contributed by atoms with Gasteiger partial charge >= 0.3 is 0 Å². The number of nitrogens with two attached hydrogens (primary N) is 1. The van der Waals surface area contributed by atoms with E-state index in [2.05, 4.69) is 6.92 Å². The predicted molar refractivity (Wildman–Crippen MR) is 99.2 cm³/mol. The van der Waals surface area contributed by atoms with Crippen LogP contribution in [-0.4, -0.2) is 29.5 Å². The van der Waals surface area contributed by atoms with E-state index in [9.17, 15) is 5.11 Å². The molecule has 0 spiro atoms. The van der Waals surface area contributed by atoms with Gasteiger partial charge in [0, 0.05) is 0 Å². The van der Waals surface area contributed by atoms with Gasteiger partial charge in [-0.05, 0) is 24.1 Å².